The van der Waals surface area contributed by atoms with Crippen LogP contribution >= 0.6 is 0 Å². The number of urea groups is 1. The summed E-state index contributed by atoms with van der Waals surface area (Å²) in [6.07, 6.45) is 6.22. The van der Waals surface area contributed by atoms with Crippen molar-refractivity contribution in [1.29, 1.82) is 0 Å². The van der Waals surface area contributed by atoms with E-state index < -0.39 is 4.92 Å². The number of hydrogen-bond donors (Lipinski definition) is 2. The third-order valence-corrected chi connectivity index (χ3v) is 4.99. The molecule has 0 bridgehead atoms. The molecule has 2 amide bonds. The normalized spacial score (nSPS) is 22.3. The average Bonchev–Trinajstić information content (AvgIpc) is 2.94. The van der Waals surface area contributed by atoms with E-state index in [0.29, 0.717) is 17.9 Å². The molecular formula is C17H23N3O4. The van der Waals surface area contributed by atoms with Crippen molar-refractivity contribution in [3.8, 4) is 0 Å². The van der Waals surface area contributed by atoms with E-state index in [-0.39, 0.29) is 23.4 Å². The molecule has 2 fully saturated rings. The molecule has 2 aliphatic rings. The Morgan fingerprint density at radius 2 is 2.12 bits per heavy atom. The van der Waals surface area contributed by atoms with E-state index in [1.807, 2.05) is 0 Å². The van der Waals surface area contributed by atoms with Crippen molar-refractivity contribution < 1.29 is 14.5 Å². The molecule has 2 N–H and O–H groups in total. The van der Waals surface area contributed by atoms with Gasteiger partial charge in [-0.2, -0.15) is 0 Å². The molecule has 1 aromatic carbocycles. The fourth-order valence-electron chi connectivity index (χ4n) is 3.81. The van der Waals surface area contributed by atoms with Gasteiger partial charge in [-0.15, -0.1) is 0 Å². The van der Waals surface area contributed by atoms with E-state index in [1.165, 1.54) is 18.9 Å². The second-order valence-electron chi connectivity index (χ2n) is 6.79. The molecule has 0 aromatic heterocycles. The van der Waals surface area contributed by atoms with Gasteiger partial charge in [-0.05, 0) is 44.7 Å². The van der Waals surface area contributed by atoms with Gasteiger partial charge in [-0.25, -0.2) is 4.79 Å². The second kappa shape index (κ2) is 6.76. The Balaban J connectivity index is 1.57. The largest absolute Gasteiger partial charge is 0.375 e. The van der Waals surface area contributed by atoms with Gasteiger partial charge in [0.2, 0.25) is 0 Å². The smallest absolute Gasteiger partial charge is 0.319 e. The molecule has 1 heterocycles. The SMILES string of the molecule is Cc1cc(NC(=O)N[C@@H]2CCOC3(CCCC3)C2)ccc1[N+](=O)[O-]. The summed E-state index contributed by atoms with van der Waals surface area (Å²) in [5.74, 6) is 0. The van der Waals surface area contributed by atoms with Gasteiger partial charge < -0.3 is 15.4 Å². The highest BCUT2D eigenvalue weighted by Gasteiger charge is 2.40. The summed E-state index contributed by atoms with van der Waals surface area (Å²) in [7, 11) is 0. The molecule has 1 saturated heterocycles. The van der Waals surface area contributed by atoms with Gasteiger partial charge in [0, 0.05) is 30.0 Å². The van der Waals surface area contributed by atoms with Crippen LogP contribution in [0, 0.1) is 17.0 Å². The first-order valence-corrected chi connectivity index (χ1v) is 8.44. The molecule has 1 atom stereocenters. The van der Waals surface area contributed by atoms with Crippen molar-refractivity contribution in [1.82, 2.24) is 5.32 Å². The Labute approximate surface area is 140 Å². The van der Waals surface area contributed by atoms with Crippen LogP contribution in [0.4, 0.5) is 16.2 Å². The lowest BCUT2D eigenvalue weighted by molar-refractivity contribution is -0.385. The first kappa shape index (κ1) is 16.7. The van der Waals surface area contributed by atoms with E-state index in [1.54, 1.807) is 19.1 Å². The van der Waals surface area contributed by atoms with Crippen LogP contribution in [0.25, 0.3) is 0 Å². The zero-order valence-electron chi connectivity index (χ0n) is 13.8. The minimum Gasteiger partial charge on any atom is -0.375 e. The number of benzene rings is 1. The summed E-state index contributed by atoms with van der Waals surface area (Å²) in [6.45, 7) is 2.34. The van der Waals surface area contributed by atoms with E-state index in [2.05, 4.69) is 10.6 Å². The van der Waals surface area contributed by atoms with Gasteiger partial charge in [0.15, 0.2) is 0 Å². The van der Waals surface area contributed by atoms with E-state index in [0.717, 1.165) is 25.7 Å². The minimum absolute atomic E-state index is 0.0415. The lowest BCUT2D eigenvalue weighted by Gasteiger charge is -2.38. The van der Waals surface area contributed by atoms with E-state index >= 15 is 0 Å². The molecule has 0 unspecified atom stereocenters. The Morgan fingerprint density at radius 1 is 1.38 bits per heavy atom. The van der Waals surface area contributed by atoms with Gasteiger partial charge in [0.05, 0.1) is 10.5 Å². The predicted octanol–water partition coefficient (Wildman–Crippen LogP) is 3.52. The highest BCUT2D eigenvalue weighted by molar-refractivity contribution is 5.89. The van der Waals surface area contributed by atoms with Crippen LogP contribution in [0.1, 0.15) is 44.1 Å². The standard InChI is InChI=1S/C17H23N3O4/c1-12-10-13(4-5-15(12)20(22)23)18-16(21)19-14-6-9-24-17(11-14)7-2-3-8-17/h4-5,10,14H,2-3,6-9,11H2,1H3,(H2,18,19,21)/t14-/m1/s1. The minimum atomic E-state index is -0.428. The number of carbonyl (C=O) groups is 1. The molecule has 130 valence electrons. The molecule has 7 heteroatoms. The molecular weight excluding hydrogens is 310 g/mol. The van der Waals surface area contributed by atoms with Crippen molar-refractivity contribution in [2.75, 3.05) is 11.9 Å². The van der Waals surface area contributed by atoms with Crippen LogP contribution in [0.2, 0.25) is 0 Å². The van der Waals surface area contributed by atoms with Gasteiger partial charge in [-0.3, -0.25) is 10.1 Å². The molecule has 1 spiro atoms. The lowest BCUT2D eigenvalue weighted by atomic mass is 9.89. The predicted molar refractivity (Wildman–Crippen MR) is 90.2 cm³/mol. The Kier molecular flexibility index (Phi) is 4.71. The van der Waals surface area contributed by atoms with Gasteiger partial charge in [0.25, 0.3) is 5.69 Å². The maximum Gasteiger partial charge on any atom is 0.319 e. The summed E-state index contributed by atoms with van der Waals surface area (Å²) in [5.41, 5.74) is 1.08. The van der Waals surface area contributed by atoms with Crippen molar-refractivity contribution >= 4 is 17.4 Å². The van der Waals surface area contributed by atoms with Crippen LogP contribution in [-0.2, 0) is 4.74 Å². The van der Waals surface area contributed by atoms with Gasteiger partial charge >= 0.3 is 6.03 Å². The number of nitro benzene ring substituents is 1. The van der Waals surface area contributed by atoms with E-state index in [4.69, 9.17) is 4.74 Å². The quantitative estimate of drug-likeness (QED) is 0.654. The monoisotopic (exact) mass is 333 g/mol. The van der Waals surface area contributed by atoms with Gasteiger partial charge in [-0.1, -0.05) is 12.8 Å². The van der Waals surface area contributed by atoms with Crippen molar-refractivity contribution in [3.05, 3.63) is 33.9 Å². The number of ether oxygens (including phenoxy) is 1. The van der Waals surface area contributed by atoms with E-state index in [9.17, 15) is 14.9 Å². The number of amides is 2. The third kappa shape index (κ3) is 3.67. The topological polar surface area (TPSA) is 93.5 Å². The zero-order chi connectivity index (χ0) is 17.2. The number of anilines is 1. The van der Waals surface area contributed by atoms with Crippen LogP contribution in [-0.4, -0.2) is 29.2 Å². The highest BCUT2D eigenvalue weighted by Crippen LogP contribution is 2.39. The maximum atomic E-state index is 12.2. The summed E-state index contributed by atoms with van der Waals surface area (Å²) in [6, 6.07) is 4.40. The molecule has 1 saturated carbocycles. The number of nitrogens with one attached hydrogen (secondary N) is 2. The average molecular weight is 333 g/mol. The molecule has 7 nitrogen and oxygen atoms in total. The van der Waals surface area contributed by atoms with Crippen molar-refractivity contribution in [2.24, 2.45) is 0 Å². The summed E-state index contributed by atoms with van der Waals surface area (Å²) < 4.78 is 5.97. The Hall–Kier alpha value is -2.15. The number of nitrogens with zero attached hydrogens (tertiary/aromatic N) is 1. The summed E-state index contributed by atoms with van der Waals surface area (Å²) in [5, 5.41) is 16.6. The Bertz CT molecular complexity index is 641. The zero-order valence-corrected chi connectivity index (χ0v) is 13.8. The second-order valence-corrected chi connectivity index (χ2v) is 6.79. The molecule has 24 heavy (non-hydrogen) atoms. The third-order valence-electron chi connectivity index (χ3n) is 4.99. The Morgan fingerprint density at radius 3 is 2.79 bits per heavy atom. The number of aryl methyl sites for hydroxylation is 1. The van der Waals surface area contributed by atoms with Gasteiger partial charge in [0.1, 0.15) is 0 Å². The van der Waals surface area contributed by atoms with Crippen LogP contribution in [0.5, 0.6) is 0 Å². The number of carbonyl (C=O) groups excluding carboxylic acids is 1. The summed E-state index contributed by atoms with van der Waals surface area (Å²) >= 11 is 0. The lowest BCUT2D eigenvalue weighted by Crippen LogP contribution is -2.48. The number of nitro groups is 1. The molecule has 3 rings (SSSR count). The first-order chi connectivity index (χ1) is 11.5. The molecule has 1 aromatic rings. The van der Waals surface area contributed by atoms with Crippen LogP contribution < -0.4 is 10.6 Å². The first-order valence-electron chi connectivity index (χ1n) is 8.44. The van der Waals surface area contributed by atoms with Crippen LogP contribution in [0.15, 0.2) is 18.2 Å². The number of rotatable bonds is 3. The maximum absolute atomic E-state index is 12.2. The molecule has 1 aliphatic carbocycles. The molecule has 1 aliphatic heterocycles. The summed E-state index contributed by atoms with van der Waals surface area (Å²) in [4.78, 5) is 22.6. The van der Waals surface area contributed by atoms with Crippen molar-refractivity contribution in [2.45, 2.75) is 57.1 Å². The van der Waals surface area contributed by atoms with Crippen LogP contribution in [0.3, 0.4) is 0 Å². The number of hydrogen-bond acceptors (Lipinski definition) is 4. The van der Waals surface area contributed by atoms with Crippen molar-refractivity contribution in [3.63, 3.8) is 0 Å². The fourth-order valence-corrected chi connectivity index (χ4v) is 3.81. The highest BCUT2D eigenvalue weighted by atomic mass is 16.6. The molecule has 0 radical (unpaired) electrons. The fraction of sp³-hybridized carbons (Fsp3) is 0.588.